The molecule has 1 N–H and O–H groups in total. The molecule has 0 amide bonds. The van der Waals surface area contributed by atoms with Gasteiger partial charge in [0, 0.05) is 12.5 Å². The summed E-state index contributed by atoms with van der Waals surface area (Å²) >= 11 is 0. The van der Waals surface area contributed by atoms with Crippen molar-refractivity contribution in [3.05, 3.63) is 109 Å². The molecule has 0 aliphatic carbocycles. The van der Waals surface area contributed by atoms with Gasteiger partial charge in [-0.3, -0.25) is 0 Å². The van der Waals surface area contributed by atoms with Crippen molar-refractivity contribution in [1.82, 2.24) is 0 Å². The van der Waals surface area contributed by atoms with E-state index in [0.717, 1.165) is 28.3 Å². The lowest BCUT2D eigenvalue weighted by molar-refractivity contribution is -0.140. The highest BCUT2D eigenvalue weighted by molar-refractivity contribution is 5.87. The van der Waals surface area contributed by atoms with Crippen LogP contribution in [0.3, 0.4) is 0 Å². The number of carbonyl (C=O) groups excluding carboxylic acids is 3. The van der Waals surface area contributed by atoms with E-state index in [1.165, 1.54) is 0 Å². The highest BCUT2D eigenvalue weighted by atomic mass is 16.7. The van der Waals surface area contributed by atoms with E-state index in [1.807, 2.05) is 72.8 Å². The molecule has 0 fully saturated rings. The minimum atomic E-state index is -0.790. The van der Waals surface area contributed by atoms with Gasteiger partial charge in [-0.25, -0.2) is 14.4 Å². The second kappa shape index (κ2) is 18.4. The number of ether oxygens (including phenoxy) is 5. The van der Waals surface area contributed by atoms with Crippen LogP contribution in [0.25, 0.3) is 23.3 Å². The van der Waals surface area contributed by atoms with Gasteiger partial charge in [-0.2, -0.15) is 0 Å². The van der Waals surface area contributed by atoms with Gasteiger partial charge in [0.25, 0.3) is 0 Å². The summed E-state index contributed by atoms with van der Waals surface area (Å²) in [7, 11) is 0. The van der Waals surface area contributed by atoms with Gasteiger partial charge in [-0.15, -0.1) is 0 Å². The number of aliphatic hydroxyl groups excluding tert-OH is 1. The van der Waals surface area contributed by atoms with Gasteiger partial charge in [0.2, 0.25) is 0 Å². The van der Waals surface area contributed by atoms with Crippen molar-refractivity contribution >= 4 is 30.2 Å². The van der Waals surface area contributed by atoms with E-state index in [4.69, 9.17) is 28.8 Å². The smallest absolute Gasteiger partial charge is 0.493 e. The maximum Gasteiger partial charge on any atom is 0.513 e. The van der Waals surface area contributed by atoms with E-state index in [-0.39, 0.29) is 25.4 Å². The molecular weight excluding hydrogens is 564 g/mol. The molecule has 0 spiro atoms. The molecule has 44 heavy (non-hydrogen) atoms. The molecule has 0 unspecified atom stereocenters. The van der Waals surface area contributed by atoms with Crippen LogP contribution < -0.4 is 9.47 Å². The number of carbonyl (C=O) groups is 3. The van der Waals surface area contributed by atoms with Gasteiger partial charge < -0.3 is 28.8 Å². The number of unbranched alkanes of at least 4 members (excludes halogenated alkanes) is 1. The Morgan fingerprint density at radius 3 is 1.77 bits per heavy atom. The zero-order chi connectivity index (χ0) is 31.6. The summed E-state index contributed by atoms with van der Waals surface area (Å²) in [6.45, 7) is 7.30. The maximum absolute atomic E-state index is 11.9. The Balaban J connectivity index is 1.38. The third-order valence-electron chi connectivity index (χ3n) is 6.09. The zero-order valence-electron chi connectivity index (χ0n) is 24.4. The molecule has 230 valence electrons. The quantitative estimate of drug-likeness (QED) is 0.0468. The van der Waals surface area contributed by atoms with Crippen LogP contribution in [0.2, 0.25) is 0 Å². The molecule has 0 saturated carbocycles. The summed E-state index contributed by atoms with van der Waals surface area (Å²) in [5.41, 5.74) is 4.07. The lowest BCUT2D eigenvalue weighted by atomic mass is 10.0. The van der Waals surface area contributed by atoms with Crippen LogP contribution in [0.15, 0.2) is 97.6 Å². The van der Waals surface area contributed by atoms with Gasteiger partial charge >= 0.3 is 18.1 Å². The van der Waals surface area contributed by atoms with Crippen molar-refractivity contribution < 1.29 is 43.2 Å². The van der Waals surface area contributed by atoms with Crippen LogP contribution in [0.5, 0.6) is 11.5 Å². The van der Waals surface area contributed by atoms with E-state index in [9.17, 15) is 14.4 Å². The average Bonchev–Trinajstić information content (AvgIpc) is 3.05. The topological polar surface area (TPSA) is 118 Å². The van der Waals surface area contributed by atoms with Crippen molar-refractivity contribution in [3.63, 3.8) is 0 Å². The predicted molar refractivity (Wildman–Crippen MR) is 167 cm³/mol. The first kappa shape index (κ1) is 33.4. The lowest BCUT2D eigenvalue weighted by Gasteiger charge is -2.08. The number of hydrogen-bond acceptors (Lipinski definition) is 9. The number of hydrogen-bond donors (Lipinski definition) is 1. The average molecular weight is 601 g/mol. The highest BCUT2D eigenvalue weighted by Gasteiger charge is 2.08. The Morgan fingerprint density at radius 2 is 1.18 bits per heavy atom. The number of aliphatic hydroxyl groups is 1. The first-order valence-corrected chi connectivity index (χ1v) is 14.1. The largest absolute Gasteiger partial charge is 0.513 e. The second-order valence-corrected chi connectivity index (χ2v) is 9.43. The summed E-state index contributed by atoms with van der Waals surface area (Å²) in [6, 6.07) is 22.9. The third kappa shape index (κ3) is 12.0. The Kier molecular flexibility index (Phi) is 13.9. The van der Waals surface area contributed by atoms with E-state index in [0.29, 0.717) is 37.4 Å². The van der Waals surface area contributed by atoms with Crippen molar-refractivity contribution in [3.8, 4) is 22.6 Å². The second-order valence-electron chi connectivity index (χ2n) is 9.43. The summed E-state index contributed by atoms with van der Waals surface area (Å²) in [5, 5.41) is 8.85. The molecular formula is C35H36O9. The van der Waals surface area contributed by atoms with Crippen LogP contribution in [-0.2, 0) is 23.8 Å². The summed E-state index contributed by atoms with van der Waals surface area (Å²) < 4.78 is 25.8. The standard InChI is InChI=1S/C35H36O9/c1-3-33(37)41-21-4-5-22-43-35(39)44-32-19-15-30(16-20-32)29-13-9-27(10-14-29)7-8-28-11-17-31(18-12-28)40-23-6-24-42-34(38)26(2)25-36/h3,7-20,36H,1-2,4-6,21-25H2/b8-7+. The van der Waals surface area contributed by atoms with E-state index >= 15 is 0 Å². The Bertz CT molecular complexity index is 1410. The molecule has 3 aromatic carbocycles. The molecule has 3 aromatic rings. The Labute approximate surface area is 257 Å². The molecule has 0 saturated heterocycles. The SMILES string of the molecule is C=CC(=O)OCCCCOC(=O)Oc1ccc(-c2ccc(/C=C/c3ccc(OCCCOC(=O)C(=C)CO)cc3)cc2)cc1. The summed E-state index contributed by atoms with van der Waals surface area (Å²) in [4.78, 5) is 34.3. The molecule has 0 atom stereocenters. The molecule has 0 radical (unpaired) electrons. The fraction of sp³-hybridized carbons (Fsp3) is 0.229. The first-order valence-electron chi connectivity index (χ1n) is 14.1. The summed E-state index contributed by atoms with van der Waals surface area (Å²) in [6.07, 6.45) is 5.96. The van der Waals surface area contributed by atoms with Crippen LogP contribution in [0.1, 0.15) is 30.4 Å². The molecule has 3 rings (SSSR count). The summed E-state index contributed by atoms with van der Waals surface area (Å²) in [5.74, 6) is 0.0101. The van der Waals surface area contributed by atoms with E-state index in [1.54, 1.807) is 12.1 Å². The van der Waals surface area contributed by atoms with Gasteiger partial charge in [0.1, 0.15) is 11.5 Å². The van der Waals surface area contributed by atoms with Crippen LogP contribution in [0.4, 0.5) is 4.79 Å². The van der Waals surface area contributed by atoms with E-state index in [2.05, 4.69) is 13.2 Å². The molecule has 0 bridgehead atoms. The lowest BCUT2D eigenvalue weighted by Crippen LogP contribution is -2.12. The fourth-order valence-corrected chi connectivity index (χ4v) is 3.67. The van der Waals surface area contributed by atoms with Crippen LogP contribution >= 0.6 is 0 Å². The van der Waals surface area contributed by atoms with Crippen LogP contribution in [-0.4, -0.2) is 56.2 Å². The molecule has 0 aliphatic heterocycles. The third-order valence-corrected chi connectivity index (χ3v) is 6.09. The van der Waals surface area contributed by atoms with Gasteiger partial charge in [-0.1, -0.05) is 73.8 Å². The predicted octanol–water partition coefficient (Wildman–Crippen LogP) is 6.41. The van der Waals surface area contributed by atoms with Gasteiger partial charge in [-0.05, 0) is 59.4 Å². The normalized spacial score (nSPS) is 10.6. The Morgan fingerprint density at radius 1 is 0.659 bits per heavy atom. The van der Waals surface area contributed by atoms with Crippen molar-refractivity contribution in [2.75, 3.05) is 33.0 Å². The molecule has 0 aromatic heterocycles. The van der Waals surface area contributed by atoms with Crippen LogP contribution in [0, 0.1) is 0 Å². The maximum atomic E-state index is 11.9. The van der Waals surface area contributed by atoms with E-state index < -0.39 is 24.7 Å². The minimum Gasteiger partial charge on any atom is -0.493 e. The van der Waals surface area contributed by atoms with Gasteiger partial charge in [0.15, 0.2) is 0 Å². The highest BCUT2D eigenvalue weighted by Crippen LogP contribution is 2.24. The number of rotatable bonds is 17. The van der Waals surface area contributed by atoms with Gasteiger partial charge in [0.05, 0.1) is 38.6 Å². The zero-order valence-corrected chi connectivity index (χ0v) is 24.4. The molecule has 9 heteroatoms. The molecule has 9 nitrogen and oxygen atoms in total. The fourth-order valence-electron chi connectivity index (χ4n) is 3.67. The van der Waals surface area contributed by atoms with Crippen molar-refractivity contribution in [2.24, 2.45) is 0 Å². The molecule has 0 heterocycles. The molecule has 0 aliphatic rings. The monoisotopic (exact) mass is 600 g/mol. The minimum absolute atomic E-state index is 0.0286. The van der Waals surface area contributed by atoms with Crippen molar-refractivity contribution in [2.45, 2.75) is 19.3 Å². The number of benzene rings is 3. The van der Waals surface area contributed by atoms with Crippen molar-refractivity contribution in [1.29, 1.82) is 0 Å². The Hall–Kier alpha value is -5.15. The number of esters is 2. The first-order chi connectivity index (χ1) is 21.4.